The average molecular weight is 609 g/mol. The Hall–Kier alpha value is -6.05. The van der Waals surface area contributed by atoms with Gasteiger partial charge in [-0.05, 0) is 72.8 Å². The van der Waals surface area contributed by atoms with Crippen molar-refractivity contribution in [2.24, 2.45) is 0 Å². The van der Waals surface area contributed by atoms with Crippen LogP contribution in [0.5, 0.6) is 0 Å². The number of thiazole rings is 1. The summed E-state index contributed by atoms with van der Waals surface area (Å²) in [6.07, 6.45) is 0. The highest BCUT2D eigenvalue weighted by Crippen LogP contribution is 2.37. The molecule has 0 radical (unpaired) electrons. The predicted molar refractivity (Wildman–Crippen MR) is 188 cm³/mol. The topological polar surface area (TPSA) is 52.9 Å². The van der Waals surface area contributed by atoms with Crippen LogP contribution in [0.2, 0.25) is 0 Å². The van der Waals surface area contributed by atoms with Gasteiger partial charge in [0.1, 0.15) is 10.8 Å². The molecule has 7 heteroatoms. The summed E-state index contributed by atoms with van der Waals surface area (Å²) in [5, 5.41) is 0.984. The molecule has 0 aliphatic carbocycles. The molecule has 0 saturated heterocycles. The molecule has 0 aliphatic heterocycles. The lowest BCUT2D eigenvalue weighted by Gasteiger charge is -2.09. The average Bonchev–Trinajstić information content (AvgIpc) is 3.87. The van der Waals surface area contributed by atoms with Crippen molar-refractivity contribution in [1.82, 2.24) is 28.5 Å². The molecule has 10 rings (SSSR count). The van der Waals surface area contributed by atoms with Crippen molar-refractivity contribution < 1.29 is 0 Å². The van der Waals surface area contributed by atoms with E-state index in [4.69, 9.17) is 15.0 Å². The summed E-state index contributed by atoms with van der Waals surface area (Å²) in [4.78, 5) is 15.3. The monoisotopic (exact) mass is 608 g/mol. The van der Waals surface area contributed by atoms with Crippen molar-refractivity contribution in [3.8, 4) is 33.3 Å². The second-order valence-electron chi connectivity index (χ2n) is 11.4. The third-order valence-corrected chi connectivity index (χ3v) is 9.76. The first kappa shape index (κ1) is 25.3. The summed E-state index contributed by atoms with van der Waals surface area (Å²) in [5.74, 6) is 1.83. The molecule has 0 bridgehead atoms. The molecule has 0 saturated carbocycles. The van der Waals surface area contributed by atoms with Crippen LogP contribution in [-0.2, 0) is 0 Å². The van der Waals surface area contributed by atoms with E-state index in [1.165, 1.54) is 0 Å². The third-order valence-electron chi connectivity index (χ3n) is 8.69. The smallest absolute Gasteiger partial charge is 0.220 e. The number of hydrogen-bond donors (Lipinski definition) is 0. The van der Waals surface area contributed by atoms with Gasteiger partial charge in [0.25, 0.3) is 0 Å². The van der Waals surface area contributed by atoms with Gasteiger partial charge in [-0.1, -0.05) is 72.8 Å². The number of nitrogens with zero attached hydrogens (tertiary/aromatic N) is 6. The summed E-state index contributed by atoms with van der Waals surface area (Å²) in [5.41, 5.74) is 11.6. The van der Waals surface area contributed by atoms with Crippen molar-refractivity contribution in [1.29, 1.82) is 0 Å². The molecule has 6 aromatic carbocycles. The first-order valence-corrected chi connectivity index (χ1v) is 16.0. The molecule has 0 amide bonds. The highest BCUT2D eigenvalue weighted by atomic mass is 32.1. The Morgan fingerprint density at radius 3 is 1.91 bits per heavy atom. The van der Waals surface area contributed by atoms with Gasteiger partial charge >= 0.3 is 0 Å². The van der Waals surface area contributed by atoms with Crippen LogP contribution in [0.1, 0.15) is 0 Å². The molecule has 0 unspecified atom stereocenters. The molecule has 6 nitrogen and oxygen atoms in total. The van der Waals surface area contributed by atoms with E-state index in [0.717, 1.165) is 82.4 Å². The summed E-state index contributed by atoms with van der Waals surface area (Å²) in [7, 11) is 0. The number of aromatic nitrogens is 6. The maximum absolute atomic E-state index is 5.13. The maximum atomic E-state index is 5.13. The Balaban J connectivity index is 1.09. The Labute approximate surface area is 267 Å². The van der Waals surface area contributed by atoms with E-state index in [1.807, 2.05) is 18.2 Å². The van der Waals surface area contributed by atoms with Gasteiger partial charge in [-0.25, -0.2) is 15.0 Å². The number of benzene rings is 6. The summed E-state index contributed by atoms with van der Waals surface area (Å²) >= 11 is 1.70. The fourth-order valence-electron chi connectivity index (χ4n) is 6.60. The normalized spacial score (nSPS) is 11.9. The number of fused-ring (bicyclic) bond motifs is 7. The number of hydrogen-bond acceptors (Lipinski definition) is 4. The van der Waals surface area contributed by atoms with E-state index in [-0.39, 0.29) is 0 Å². The SMILES string of the molecule is c1ccc(-c2nc3cc4sc(-c5ccc(-n6c7ccccc7n7c8ccccc8nc67)cc5)nc4cc3n2-c2ccccc2)cc1. The Morgan fingerprint density at radius 1 is 0.435 bits per heavy atom. The molecule has 4 aromatic heterocycles. The lowest BCUT2D eigenvalue weighted by Crippen LogP contribution is -1.97. The minimum Gasteiger partial charge on any atom is -0.292 e. The van der Waals surface area contributed by atoms with Crippen LogP contribution in [-0.4, -0.2) is 28.5 Å². The maximum Gasteiger partial charge on any atom is 0.220 e. The van der Waals surface area contributed by atoms with Gasteiger partial charge in [-0.15, -0.1) is 11.3 Å². The fraction of sp³-hybridized carbons (Fsp3) is 0. The minimum absolute atomic E-state index is 0.906. The van der Waals surface area contributed by atoms with Crippen LogP contribution in [0, 0.1) is 0 Å². The zero-order valence-corrected chi connectivity index (χ0v) is 25.3. The largest absolute Gasteiger partial charge is 0.292 e. The third kappa shape index (κ3) is 3.72. The second kappa shape index (κ2) is 9.72. The van der Waals surface area contributed by atoms with E-state index < -0.39 is 0 Å². The first-order chi connectivity index (χ1) is 22.8. The Morgan fingerprint density at radius 2 is 1.11 bits per heavy atom. The van der Waals surface area contributed by atoms with E-state index in [1.54, 1.807) is 11.3 Å². The van der Waals surface area contributed by atoms with Crippen LogP contribution in [0.4, 0.5) is 0 Å². The van der Waals surface area contributed by atoms with Gasteiger partial charge in [-0.2, -0.15) is 0 Å². The highest BCUT2D eigenvalue weighted by molar-refractivity contribution is 7.21. The van der Waals surface area contributed by atoms with E-state index >= 15 is 0 Å². The molecule has 46 heavy (non-hydrogen) atoms. The van der Waals surface area contributed by atoms with Crippen molar-refractivity contribution >= 4 is 60.4 Å². The molecule has 0 aliphatic rings. The number of rotatable bonds is 4. The van der Waals surface area contributed by atoms with E-state index in [2.05, 4.69) is 141 Å². The summed E-state index contributed by atoms with van der Waals surface area (Å²) < 4.78 is 7.84. The van der Waals surface area contributed by atoms with Crippen LogP contribution in [0.25, 0.3) is 82.4 Å². The van der Waals surface area contributed by atoms with Crippen LogP contribution >= 0.6 is 11.3 Å². The standard InChI is InChI=1S/C39H24N6S/c1-3-11-25(12-4-1)37-40-30-24-36-31(23-35(30)43(37)27-13-5-2-6-14-27)41-38(46-36)26-19-21-28(22-20-26)44-33-17-9-10-18-34(33)45-32-16-8-7-15-29(32)42-39(44)45/h1-24H. The number of para-hydroxylation sites is 5. The predicted octanol–water partition coefficient (Wildman–Crippen LogP) is 9.71. The van der Waals surface area contributed by atoms with Gasteiger partial charge in [0, 0.05) is 22.5 Å². The molecule has 10 aromatic rings. The summed E-state index contributed by atoms with van der Waals surface area (Å²) in [6, 6.07) is 50.6. The van der Waals surface area contributed by atoms with E-state index in [9.17, 15) is 0 Å². The fourth-order valence-corrected chi connectivity index (χ4v) is 7.59. The molecule has 0 N–H and O–H groups in total. The molecule has 0 fully saturated rings. The van der Waals surface area contributed by atoms with Gasteiger partial charge in [0.15, 0.2) is 0 Å². The lowest BCUT2D eigenvalue weighted by molar-refractivity contribution is 1.10. The van der Waals surface area contributed by atoms with Crippen molar-refractivity contribution in [2.45, 2.75) is 0 Å². The van der Waals surface area contributed by atoms with Crippen LogP contribution in [0.15, 0.2) is 146 Å². The van der Waals surface area contributed by atoms with Gasteiger partial charge in [0.2, 0.25) is 5.78 Å². The first-order valence-electron chi connectivity index (χ1n) is 15.2. The molecule has 0 spiro atoms. The van der Waals surface area contributed by atoms with Crippen molar-refractivity contribution in [3.05, 3.63) is 146 Å². The van der Waals surface area contributed by atoms with Crippen molar-refractivity contribution in [3.63, 3.8) is 0 Å². The van der Waals surface area contributed by atoms with Gasteiger partial charge < -0.3 is 0 Å². The van der Waals surface area contributed by atoms with E-state index in [0.29, 0.717) is 0 Å². The van der Waals surface area contributed by atoms with Crippen LogP contribution < -0.4 is 0 Å². The Bertz CT molecular complexity index is 2730. The zero-order chi connectivity index (χ0) is 30.2. The molecular formula is C39H24N6S. The van der Waals surface area contributed by atoms with Gasteiger partial charge in [0.05, 0.1) is 43.3 Å². The lowest BCUT2D eigenvalue weighted by atomic mass is 10.2. The second-order valence-corrected chi connectivity index (χ2v) is 12.4. The minimum atomic E-state index is 0.906. The van der Waals surface area contributed by atoms with Crippen LogP contribution in [0.3, 0.4) is 0 Å². The molecule has 4 heterocycles. The number of imidazole rings is 3. The van der Waals surface area contributed by atoms with Crippen molar-refractivity contribution in [2.75, 3.05) is 0 Å². The highest BCUT2D eigenvalue weighted by Gasteiger charge is 2.19. The molecule has 0 atom stereocenters. The zero-order valence-electron chi connectivity index (χ0n) is 24.4. The molecule has 216 valence electrons. The molecular weight excluding hydrogens is 585 g/mol. The summed E-state index contributed by atoms with van der Waals surface area (Å²) in [6.45, 7) is 0. The van der Waals surface area contributed by atoms with Gasteiger partial charge in [-0.3, -0.25) is 13.5 Å². The Kier molecular flexibility index (Phi) is 5.35. The quantitative estimate of drug-likeness (QED) is 0.200.